The number of ether oxygens (including phenoxy) is 1. The maximum atomic E-state index is 14.9. The molecule has 1 unspecified atom stereocenters. The van der Waals surface area contributed by atoms with Crippen LogP contribution < -0.4 is 4.90 Å². The Kier molecular flexibility index (Phi) is 12.6. The number of rotatable bonds is 12. The lowest BCUT2D eigenvalue weighted by molar-refractivity contribution is -0.119. The molecule has 0 radical (unpaired) electrons. The molecule has 0 aliphatic carbocycles. The van der Waals surface area contributed by atoms with E-state index < -0.39 is 70.3 Å². The first-order valence-corrected chi connectivity index (χ1v) is 17.8. The van der Waals surface area contributed by atoms with Gasteiger partial charge in [-0.1, -0.05) is 99.1 Å². The van der Waals surface area contributed by atoms with Crippen LogP contribution in [0.5, 0.6) is 0 Å². The highest BCUT2D eigenvalue weighted by molar-refractivity contribution is 7.89. The van der Waals surface area contributed by atoms with Crippen molar-refractivity contribution in [3.63, 3.8) is 0 Å². The zero-order chi connectivity index (χ0) is 38.4. The lowest BCUT2D eigenvalue weighted by Crippen LogP contribution is -2.43. The van der Waals surface area contributed by atoms with Gasteiger partial charge >= 0.3 is 5.97 Å². The quantitative estimate of drug-likeness (QED) is 0.0416. The third-order valence-electron chi connectivity index (χ3n) is 8.25. The zero-order valence-electron chi connectivity index (χ0n) is 28.8. The predicted molar refractivity (Wildman–Crippen MR) is 193 cm³/mol. The fourth-order valence-corrected chi connectivity index (χ4v) is 6.63. The van der Waals surface area contributed by atoms with Crippen molar-refractivity contribution in [2.75, 3.05) is 11.4 Å². The summed E-state index contributed by atoms with van der Waals surface area (Å²) in [4.78, 5) is 26.8. The van der Waals surface area contributed by atoms with E-state index in [2.05, 4.69) is 0 Å². The minimum Gasteiger partial charge on any atom is -0.593 e. The number of anilines is 1. The van der Waals surface area contributed by atoms with Crippen LogP contribution in [-0.2, 0) is 46.0 Å². The third-order valence-corrected chi connectivity index (χ3v) is 9.94. The van der Waals surface area contributed by atoms with E-state index in [0.717, 1.165) is 15.4 Å². The summed E-state index contributed by atoms with van der Waals surface area (Å²) >= 11 is 2.93. The van der Waals surface area contributed by atoms with Crippen LogP contribution in [0.25, 0.3) is 0 Å². The normalized spacial score (nSPS) is 12.1. The molecule has 13 heteroatoms. The standard InChI is InChI=1S/C40H34ClF5N2O4S/c1-40(2,3)29-15-9-26(10-16-29)22-48(31-19-13-28(14-20-31)39(50)52-24-27-7-5-4-6-8-27)32(49)23-47(21-25-11-17-30(41)18-12-25)53(51)38-36(45)34(43)33(42)35(44)37(38)46/h4-20H,21-24H2,1-3H3. The van der Waals surface area contributed by atoms with Crippen molar-refractivity contribution >= 4 is 40.5 Å². The second-order valence-electron chi connectivity index (χ2n) is 13.1. The third kappa shape index (κ3) is 9.63. The molecule has 53 heavy (non-hydrogen) atoms. The fourth-order valence-electron chi connectivity index (χ4n) is 5.27. The summed E-state index contributed by atoms with van der Waals surface area (Å²) < 4.78 is 92.3. The maximum absolute atomic E-state index is 14.9. The second kappa shape index (κ2) is 16.9. The van der Waals surface area contributed by atoms with Gasteiger partial charge in [0.2, 0.25) is 35.0 Å². The van der Waals surface area contributed by atoms with Crippen molar-refractivity contribution in [3.05, 3.63) is 165 Å². The average Bonchev–Trinajstić information content (AvgIpc) is 3.15. The highest BCUT2D eigenvalue weighted by Crippen LogP contribution is 2.31. The van der Waals surface area contributed by atoms with Crippen molar-refractivity contribution in [1.29, 1.82) is 0 Å². The van der Waals surface area contributed by atoms with Crippen molar-refractivity contribution in [2.24, 2.45) is 0 Å². The minimum atomic E-state index is -3.07. The number of nitrogens with zero attached hydrogens (tertiary/aromatic N) is 2. The zero-order valence-corrected chi connectivity index (χ0v) is 30.4. The van der Waals surface area contributed by atoms with E-state index in [1.807, 2.05) is 75.4 Å². The molecular formula is C40H34ClF5N2O4S. The van der Waals surface area contributed by atoms with Gasteiger partial charge in [0, 0.05) is 10.7 Å². The van der Waals surface area contributed by atoms with Gasteiger partial charge in [0.1, 0.15) is 13.2 Å². The predicted octanol–water partition coefficient (Wildman–Crippen LogP) is 9.45. The molecular weight excluding hydrogens is 735 g/mol. The molecule has 0 saturated heterocycles. The number of esters is 1. The van der Waals surface area contributed by atoms with Gasteiger partial charge in [-0.2, -0.15) is 8.78 Å². The van der Waals surface area contributed by atoms with E-state index in [1.165, 1.54) is 53.4 Å². The first kappa shape index (κ1) is 39.5. The van der Waals surface area contributed by atoms with Crippen LogP contribution >= 0.6 is 11.6 Å². The van der Waals surface area contributed by atoms with Crippen LogP contribution in [0.2, 0.25) is 5.02 Å². The Morgan fingerprint density at radius 3 is 1.79 bits per heavy atom. The van der Waals surface area contributed by atoms with Gasteiger partial charge in [-0.3, -0.25) is 4.79 Å². The Hall–Kier alpha value is -4.75. The van der Waals surface area contributed by atoms with E-state index in [1.54, 1.807) is 0 Å². The molecule has 276 valence electrons. The summed E-state index contributed by atoms with van der Waals surface area (Å²) in [5.74, 6) is -12.9. The summed E-state index contributed by atoms with van der Waals surface area (Å²) in [6.07, 6.45) is 0. The van der Waals surface area contributed by atoms with Gasteiger partial charge in [0.05, 0.1) is 30.0 Å². The molecule has 0 aliphatic rings. The number of carbonyl (C=O) groups excluding carboxylic acids is 2. The lowest BCUT2D eigenvalue weighted by atomic mass is 9.87. The smallest absolute Gasteiger partial charge is 0.338 e. The van der Waals surface area contributed by atoms with Gasteiger partial charge < -0.3 is 14.2 Å². The molecule has 0 heterocycles. The maximum Gasteiger partial charge on any atom is 0.338 e. The van der Waals surface area contributed by atoms with E-state index in [0.29, 0.717) is 21.8 Å². The van der Waals surface area contributed by atoms with E-state index in [-0.39, 0.29) is 24.1 Å². The number of hydrogen-bond acceptors (Lipinski definition) is 5. The molecule has 1 amide bonds. The van der Waals surface area contributed by atoms with Gasteiger partial charge in [-0.15, -0.1) is 4.31 Å². The summed E-state index contributed by atoms with van der Waals surface area (Å²) in [7, 11) is 0. The van der Waals surface area contributed by atoms with E-state index in [4.69, 9.17) is 16.3 Å². The second-order valence-corrected chi connectivity index (χ2v) is 15.0. The summed E-state index contributed by atoms with van der Waals surface area (Å²) in [5, 5.41) is 0.341. The minimum absolute atomic E-state index is 0.0367. The highest BCUT2D eigenvalue weighted by atomic mass is 35.5. The van der Waals surface area contributed by atoms with E-state index in [9.17, 15) is 36.1 Å². The summed E-state index contributed by atoms with van der Waals surface area (Å²) in [5.41, 5.74) is 3.22. The van der Waals surface area contributed by atoms with Crippen molar-refractivity contribution < 1.29 is 40.8 Å². The molecule has 5 aromatic rings. The van der Waals surface area contributed by atoms with Crippen LogP contribution in [0.4, 0.5) is 27.6 Å². The Bertz CT molecular complexity index is 2030. The molecule has 0 aliphatic heterocycles. The lowest BCUT2D eigenvalue weighted by Gasteiger charge is -2.29. The Morgan fingerprint density at radius 2 is 1.23 bits per heavy atom. The number of amides is 1. The number of benzene rings is 5. The van der Waals surface area contributed by atoms with Gasteiger partial charge in [0.25, 0.3) is 4.90 Å². The SMILES string of the molecule is CC(C)(C)c1ccc(CN(C(=O)CN(Cc2ccc(Cl)cc2)[S+]([O-])c2c(F)c(F)c(F)c(F)c2F)c2ccc(C(=O)OCc3ccccc3)cc2)cc1. The van der Waals surface area contributed by atoms with Gasteiger partial charge in [-0.05, 0) is 64.1 Å². The summed E-state index contributed by atoms with van der Waals surface area (Å²) in [6.45, 7) is 4.94. The molecule has 0 bridgehead atoms. The van der Waals surface area contributed by atoms with Gasteiger partial charge in [-0.25, -0.2) is 18.0 Å². The molecule has 0 fully saturated rings. The molecule has 5 aromatic carbocycles. The highest BCUT2D eigenvalue weighted by Gasteiger charge is 2.38. The first-order valence-electron chi connectivity index (χ1n) is 16.3. The van der Waals surface area contributed by atoms with E-state index >= 15 is 0 Å². The van der Waals surface area contributed by atoms with Crippen LogP contribution in [0.3, 0.4) is 0 Å². The largest absolute Gasteiger partial charge is 0.593 e. The van der Waals surface area contributed by atoms with Crippen molar-refractivity contribution in [3.8, 4) is 0 Å². The summed E-state index contributed by atoms with van der Waals surface area (Å²) in [6, 6.07) is 28.5. The number of hydrogen-bond donors (Lipinski definition) is 0. The molecule has 0 aromatic heterocycles. The van der Waals surface area contributed by atoms with Crippen LogP contribution in [0.1, 0.15) is 53.4 Å². The Labute approximate surface area is 312 Å². The number of carbonyl (C=O) groups is 2. The molecule has 5 rings (SSSR count). The molecule has 0 saturated carbocycles. The molecule has 0 N–H and O–H groups in total. The monoisotopic (exact) mass is 768 g/mol. The Balaban J connectivity index is 1.48. The van der Waals surface area contributed by atoms with Crippen molar-refractivity contribution in [1.82, 2.24) is 4.31 Å². The Morgan fingerprint density at radius 1 is 0.698 bits per heavy atom. The molecule has 6 nitrogen and oxygen atoms in total. The van der Waals surface area contributed by atoms with Crippen molar-refractivity contribution in [2.45, 2.75) is 50.8 Å². The van der Waals surface area contributed by atoms with Crippen LogP contribution in [0.15, 0.2) is 108 Å². The topological polar surface area (TPSA) is 72.9 Å². The molecule has 0 spiro atoms. The first-order chi connectivity index (χ1) is 25.1. The average molecular weight is 769 g/mol. The van der Waals surface area contributed by atoms with Crippen LogP contribution in [-0.4, -0.2) is 27.3 Å². The van der Waals surface area contributed by atoms with Gasteiger partial charge in [0.15, 0.2) is 0 Å². The molecule has 1 atom stereocenters. The fraction of sp³-hybridized carbons (Fsp3) is 0.200. The number of halogens is 6. The van der Waals surface area contributed by atoms with Crippen LogP contribution in [0, 0.1) is 29.1 Å².